The predicted octanol–water partition coefficient (Wildman–Crippen LogP) is 7.67. The summed E-state index contributed by atoms with van der Waals surface area (Å²) in [5.74, 6) is -0.835. The molecule has 2 aromatic carbocycles. The van der Waals surface area contributed by atoms with E-state index in [9.17, 15) is 14.7 Å². The first kappa shape index (κ1) is 37.3. The molecule has 0 fully saturated rings. The molecule has 0 aromatic heterocycles. The molecule has 1 atom stereocenters. The lowest BCUT2D eigenvalue weighted by Gasteiger charge is -2.33. The second kappa shape index (κ2) is 21.7. The highest BCUT2D eigenvalue weighted by atomic mass is 16.4. The van der Waals surface area contributed by atoms with Gasteiger partial charge in [-0.15, -0.1) is 0 Å². The first-order valence-electron chi connectivity index (χ1n) is 17.3. The predicted molar refractivity (Wildman–Crippen MR) is 183 cm³/mol. The summed E-state index contributed by atoms with van der Waals surface area (Å²) in [5.41, 5.74) is 4.84. The minimum Gasteiger partial charge on any atom is -0.550 e. The summed E-state index contributed by atoms with van der Waals surface area (Å²) >= 11 is 0. The number of nitrogens with one attached hydrogen (secondary N) is 1. The van der Waals surface area contributed by atoms with Crippen LogP contribution < -0.4 is 10.4 Å². The summed E-state index contributed by atoms with van der Waals surface area (Å²) in [6.07, 6.45) is 23.2. The van der Waals surface area contributed by atoms with Gasteiger partial charge in [0.25, 0.3) is 5.91 Å². The summed E-state index contributed by atoms with van der Waals surface area (Å²) in [4.78, 5) is 23.1. The number of nitrogens with zero attached hydrogens (tertiary/aromatic N) is 1. The van der Waals surface area contributed by atoms with Crippen molar-refractivity contribution in [2.75, 3.05) is 27.7 Å². The van der Waals surface area contributed by atoms with E-state index in [1.807, 2.05) is 6.07 Å². The number of carboxylic acid groups (broad SMARTS) is 1. The smallest absolute Gasteiger partial charge is 0.278 e. The second-order valence-corrected chi connectivity index (χ2v) is 13.3. The number of carbonyl (C=O) groups is 2. The number of likely N-dealkylation sites (N-methyl/N-ethyl adjacent to an activating group) is 1. The molecule has 0 saturated heterocycles. The van der Waals surface area contributed by atoms with E-state index in [2.05, 4.69) is 63.7 Å². The van der Waals surface area contributed by atoms with E-state index in [0.29, 0.717) is 4.48 Å². The van der Waals surface area contributed by atoms with Crippen molar-refractivity contribution in [3.8, 4) is 0 Å². The molecule has 3 rings (SSSR count). The minimum atomic E-state index is -1.04. The molecule has 1 amide bonds. The zero-order chi connectivity index (χ0) is 32.0. The Labute approximate surface area is 268 Å². The van der Waals surface area contributed by atoms with Crippen LogP contribution in [0.2, 0.25) is 0 Å². The lowest BCUT2D eigenvalue weighted by molar-refractivity contribution is -0.886. The Bertz CT molecular complexity index is 1100. The maximum Gasteiger partial charge on any atom is 0.278 e. The van der Waals surface area contributed by atoms with E-state index in [1.54, 1.807) is 24.3 Å². The van der Waals surface area contributed by atoms with Crippen LogP contribution in [-0.2, 0) is 22.4 Å². The van der Waals surface area contributed by atoms with Gasteiger partial charge in [-0.25, -0.2) is 0 Å². The Morgan fingerprint density at radius 3 is 1.82 bits per heavy atom. The SMILES string of the molecule is CCCCCCCCCCCCCCCCNC(=O)C(CC1=CCc2ccccc21)[N+](C)(C)C.O=C([O-])Cc1ccccc1. The number of aliphatic carboxylic acids is 1. The Kier molecular flexibility index (Phi) is 18.4. The number of allylic oxidation sites excluding steroid dienone is 1. The van der Waals surface area contributed by atoms with E-state index < -0.39 is 5.97 Å². The summed E-state index contributed by atoms with van der Waals surface area (Å²) in [7, 11) is 6.41. The van der Waals surface area contributed by atoms with Gasteiger partial charge in [0.15, 0.2) is 6.04 Å². The van der Waals surface area contributed by atoms with Gasteiger partial charge in [-0.3, -0.25) is 4.79 Å². The quantitative estimate of drug-likeness (QED) is 0.117. The van der Waals surface area contributed by atoms with Crippen molar-refractivity contribution in [1.29, 1.82) is 0 Å². The van der Waals surface area contributed by atoms with Gasteiger partial charge in [-0.05, 0) is 35.1 Å². The maximum absolute atomic E-state index is 13.1. The molecule has 0 heterocycles. The van der Waals surface area contributed by atoms with Gasteiger partial charge in [-0.2, -0.15) is 0 Å². The molecule has 5 nitrogen and oxygen atoms in total. The molecule has 1 aliphatic carbocycles. The molecule has 1 unspecified atom stereocenters. The number of hydrogen-bond donors (Lipinski definition) is 1. The van der Waals surface area contributed by atoms with Crippen LogP contribution >= 0.6 is 0 Å². The van der Waals surface area contributed by atoms with Crippen LogP contribution in [0, 0.1) is 0 Å². The number of quaternary nitrogens is 1. The number of carbonyl (C=O) groups excluding carboxylic acids is 2. The fraction of sp³-hybridized carbons (Fsp3) is 0.590. The molecule has 2 aromatic rings. The van der Waals surface area contributed by atoms with Crippen molar-refractivity contribution in [1.82, 2.24) is 5.32 Å². The van der Waals surface area contributed by atoms with Gasteiger partial charge < -0.3 is 19.7 Å². The molecule has 0 aliphatic heterocycles. The van der Waals surface area contributed by atoms with Crippen LogP contribution in [-0.4, -0.2) is 50.1 Å². The summed E-state index contributed by atoms with van der Waals surface area (Å²) in [6, 6.07) is 17.5. The van der Waals surface area contributed by atoms with Crippen LogP contribution in [0.3, 0.4) is 0 Å². The molecule has 0 spiro atoms. The molecular weight excluding hydrogens is 544 g/mol. The van der Waals surface area contributed by atoms with Gasteiger partial charge in [0, 0.05) is 25.4 Å². The second-order valence-electron chi connectivity index (χ2n) is 13.3. The molecule has 244 valence electrons. The molecule has 1 N–H and O–H groups in total. The van der Waals surface area contributed by atoms with Crippen LogP contribution in [0.15, 0.2) is 60.7 Å². The number of hydrogen-bond acceptors (Lipinski definition) is 3. The molecule has 0 bridgehead atoms. The van der Waals surface area contributed by atoms with Crippen molar-refractivity contribution < 1.29 is 19.2 Å². The van der Waals surface area contributed by atoms with Gasteiger partial charge in [0.1, 0.15) is 0 Å². The van der Waals surface area contributed by atoms with Crippen molar-refractivity contribution in [3.05, 3.63) is 77.4 Å². The normalized spacial score (nSPS) is 13.0. The third-order valence-electron chi connectivity index (χ3n) is 8.60. The topological polar surface area (TPSA) is 69.2 Å². The fourth-order valence-corrected chi connectivity index (χ4v) is 5.89. The van der Waals surface area contributed by atoms with E-state index in [-0.39, 0.29) is 18.4 Å². The van der Waals surface area contributed by atoms with Gasteiger partial charge in [-0.1, -0.05) is 151 Å². The highest BCUT2D eigenvalue weighted by molar-refractivity contribution is 5.84. The zero-order valence-corrected chi connectivity index (χ0v) is 28.3. The molecule has 1 aliphatic rings. The summed E-state index contributed by atoms with van der Waals surface area (Å²) < 4.78 is 0.657. The average molecular weight is 605 g/mol. The maximum atomic E-state index is 13.1. The molecule has 0 saturated carbocycles. The first-order chi connectivity index (χ1) is 21.2. The van der Waals surface area contributed by atoms with E-state index in [0.717, 1.165) is 31.4 Å². The highest BCUT2D eigenvalue weighted by Crippen LogP contribution is 2.32. The monoisotopic (exact) mass is 604 g/mol. The molecular formula is C39H60N2O3. The van der Waals surface area contributed by atoms with E-state index in [4.69, 9.17) is 0 Å². The Hall–Kier alpha value is -2.92. The number of rotatable bonds is 21. The Balaban J connectivity index is 0.000000569. The standard InChI is InChI=1S/C31H52N2O.C8H8O2/c1-5-6-7-8-9-10-11-12-13-14-15-16-17-20-25-32-31(34)30(33(2,3)4)26-28-24-23-27-21-18-19-22-29(27)28;9-8(10)6-7-4-2-1-3-5-7/h18-19,21-22,24,30H,5-17,20,23,25-26H2,1-4H3;1-5H,6H2,(H,9,10). The van der Waals surface area contributed by atoms with Gasteiger partial charge in [0.2, 0.25) is 0 Å². The Morgan fingerprint density at radius 1 is 0.750 bits per heavy atom. The zero-order valence-electron chi connectivity index (χ0n) is 28.3. The van der Waals surface area contributed by atoms with Crippen molar-refractivity contribution >= 4 is 17.4 Å². The number of amides is 1. The lowest BCUT2D eigenvalue weighted by atomic mass is 9.97. The summed E-state index contributed by atoms with van der Waals surface area (Å²) in [6.45, 7) is 3.09. The molecule has 0 radical (unpaired) electrons. The van der Waals surface area contributed by atoms with Crippen molar-refractivity contribution in [3.63, 3.8) is 0 Å². The van der Waals surface area contributed by atoms with E-state index in [1.165, 1.54) is 100 Å². The first-order valence-corrected chi connectivity index (χ1v) is 17.3. The minimum absolute atomic E-state index is 0.000833. The van der Waals surface area contributed by atoms with Crippen LogP contribution in [0.25, 0.3) is 5.57 Å². The van der Waals surface area contributed by atoms with Gasteiger partial charge >= 0.3 is 0 Å². The van der Waals surface area contributed by atoms with Crippen LogP contribution in [0.4, 0.5) is 0 Å². The number of unbranched alkanes of at least 4 members (excludes halogenated alkanes) is 13. The average Bonchev–Trinajstić information content (AvgIpc) is 3.40. The highest BCUT2D eigenvalue weighted by Gasteiger charge is 2.33. The number of benzene rings is 2. The third kappa shape index (κ3) is 15.7. The number of fused-ring (bicyclic) bond motifs is 1. The third-order valence-corrected chi connectivity index (χ3v) is 8.60. The summed E-state index contributed by atoms with van der Waals surface area (Å²) in [5, 5.41) is 13.3. The number of carboxylic acids is 1. The van der Waals surface area contributed by atoms with Crippen molar-refractivity contribution in [2.24, 2.45) is 0 Å². The van der Waals surface area contributed by atoms with Crippen LogP contribution in [0.1, 0.15) is 120 Å². The molecule has 44 heavy (non-hydrogen) atoms. The van der Waals surface area contributed by atoms with Crippen LogP contribution in [0.5, 0.6) is 0 Å². The Morgan fingerprint density at radius 2 is 1.27 bits per heavy atom. The van der Waals surface area contributed by atoms with E-state index >= 15 is 0 Å². The van der Waals surface area contributed by atoms with Crippen molar-refractivity contribution in [2.45, 2.75) is 122 Å². The van der Waals surface area contributed by atoms with Gasteiger partial charge in [0.05, 0.1) is 21.1 Å². The largest absolute Gasteiger partial charge is 0.550 e. The molecule has 5 heteroatoms. The fourth-order valence-electron chi connectivity index (χ4n) is 5.89. The lowest BCUT2D eigenvalue weighted by Crippen LogP contribution is -2.54.